The van der Waals surface area contributed by atoms with Gasteiger partial charge >= 0.3 is 0 Å². The van der Waals surface area contributed by atoms with E-state index in [9.17, 15) is 0 Å². The van der Waals surface area contributed by atoms with E-state index in [0.717, 1.165) is 38.3 Å². The molecular weight excluding hydrogens is 236 g/mol. The molecule has 2 N–H and O–H groups in total. The highest BCUT2D eigenvalue weighted by Gasteiger charge is 2.35. The Morgan fingerprint density at radius 2 is 1.95 bits per heavy atom. The van der Waals surface area contributed by atoms with Gasteiger partial charge in [-0.3, -0.25) is 4.90 Å². The molecule has 0 radical (unpaired) electrons. The summed E-state index contributed by atoms with van der Waals surface area (Å²) in [5.41, 5.74) is 6.57. The van der Waals surface area contributed by atoms with Crippen LogP contribution in [0.3, 0.4) is 0 Å². The van der Waals surface area contributed by atoms with E-state index in [0.29, 0.717) is 0 Å². The first kappa shape index (κ1) is 16.2. The minimum absolute atomic E-state index is 0.0357. The van der Waals surface area contributed by atoms with E-state index in [1.165, 1.54) is 0 Å². The molecular formula is C15H30N4. The summed E-state index contributed by atoms with van der Waals surface area (Å²) in [7, 11) is 0. The molecule has 1 aromatic rings. The molecule has 4 nitrogen and oxygen atoms in total. The second-order valence-corrected chi connectivity index (χ2v) is 5.32. The predicted octanol–water partition coefficient (Wildman–Crippen LogP) is 2.28. The molecule has 0 spiro atoms. The molecule has 0 aliphatic heterocycles. The SMILES string of the molecule is CCN(CC)C(C)(CC)C(N)Cc1nccn1CC. The van der Waals surface area contributed by atoms with E-state index < -0.39 is 0 Å². The highest BCUT2D eigenvalue weighted by Crippen LogP contribution is 2.24. The molecule has 2 unspecified atom stereocenters. The number of likely N-dealkylation sites (N-methyl/N-ethyl adjacent to an activating group) is 1. The van der Waals surface area contributed by atoms with Crippen LogP contribution in [0, 0.1) is 0 Å². The van der Waals surface area contributed by atoms with Gasteiger partial charge < -0.3 is 10.3 Å². The van der Waals surface area contributed by atoms with Gasteiger partial charge in [-0.1, -0.05) is 20.8 Å². The van der Waals surface area contributed by atoms with Crippen molar-refractivity contribution in [2.75, 3.05) is 13.1 Å². The van der Waals surface area contributed by atoms with Crippen molar-refractivity contribution in [3.8, 4) is 0 Å². The van der Waals surface area contributed by atoms with Crippen molar-refractivity contribution in [3.63, 3.8) is 0 Å². The lowest BCUT2D eigenvalue weighted by molar-refractivity contribution is 0.0835. The molecule has 0 bridgehead atoms. The fraction of sp³-hybridized carbons (Fsp3) is 0.800. The molecule has 4 heteroatoms. The number of rotatable bonds is 8. The minimum Gasteiger partial charge on any atom is -0.335 e. The van der Waals surface area contributed by atoms with Gasteiger partial charge in [0.2, 0.25) is 0 Å². The molecule has 0 fully saturated rings. The van der Waals surface area contributed by atoms with Crippen molar-refractivity contribution in [2.45, 2.75) is 65.6 Å². The third-order valence-electron chi connectivity index (χ3n) is 4.55. The first-order chi connectivity index (χ1) is 9.03. The van der Waals surface area contributed by atoms with Crippen LogP contribution < -0.4 is 5.73 Å². The Morgan fingerprint density at radius 1 is 1.32 bits per heavy atom. The number of nitrogens with two attached hydrogens (primary N) is 1. The average Bonchev–Trinajstić information content (AvgIpc) is 2.86. The number of nitrogens with zero attached hydrogens (tertiary/aromatic N) is 3. The Balaban J connectivity index is 2.87. The molecule has 0 aliphatic rings. The third-order valence-corrected chi connectivity index (χ3v) is 4.55. The summed E-state index contributed by atoms with van der Waals surface area (Å²) >= 11 is 0. The number of imidazole rings is 1. The van der Waals surface area contributed by atoms with Crippen molar-refractivity contribution < 1.29 is 0 Å². The van der Waals surface area contributed by atoms with E-state index in [-0.39, 0.29) is 11.6 Å². The molecule has 1 aromatic heterocycles. The van der Waals surface area contributed by atoms with Crippen LogP contribution in [-0.4, -0.2) is 39.1 Å². The zero-order valence-corrected chi connectivity index (χ0v) is 13.2. The number of hydrogen-bond acceptors (Lipinski definition) is 3. The fourth-order valence-electron chi connectivity index (χ4n) is 2.90. The molecule has 110 valence electrons. The lowest BCUT2D eigenvalue weighted by atomic mass is 9.85. The van der Waals surface area contributed by atoms with Gasteiger partial charge in [0, 0.05) is 36.9 Å². The fourth-order valence-corrected chi connectivity index (χ4v) is 2.90. The minimum atomic E-state index is 0.0357. The van der Waals surface area contributed by atoms with Crippen LogP contribution in [0.25, 0.3) is 0 Å². The van der Waals surface area contributed by atoms with Gasteiger partial charge in [0.1, 0.15) is 5.82 Å². The topological polar surface area (TPSA) is 47.1 Å². The monoisotopic (exact) mass is 266 g/mol. The summed E-state index contributed by atoms with van der Waals surface area (Å²) in [4.78, 5) is 6.92. The predicted molar refractivity (Wildman–Crippen MR) is 81.2 cm³/mol. The number of aromatic nitrogens is 2. The third kappa shape index (κ3) is 3.37. The van der Waals surface area contributed by atoms with E-state index in [2.05, 4.69) is 49.1 Å². The first-order valence-electron chi connectivity index (χ1n) is 7.54. The van der Waals surface area contributed by atoms with Gasteiger partial charge in [0.25, 0.3) is 0 Å². The molecule has 1 heterocycles. The largest absolute Gasteiger partial charge is 0.335 e. The lowest BCUT2D eigenvalue weighted by Crippen LogP contribution is -2.58. The average molecular weight is 266 g/mol. The van der Waals surface area contributed by atoms with Gasteiger partial charge in [-0.25, -0.2) is 4.98 Å². The molecule has 0 amide bonds. The van der Waals surface area contributed by atoms with Gasteiger partial charge in [-0.15, -0.1) is 0 Å². The van der Waals surface area contributed by atoms with E-state index in [1.807, 2.05) is 12.4 Å². The molecule has 0 aliphatic carbocycles. The summed E-state index contributed by atoms with van der Waals surface area (Å²) in [6.45, 7) is 14.1. The van der Waals surface area contributed by atoms with E-state index >= 15 is 0 Å². The summed E-state index contributed by atoms with van der Waals surface area (Å²) in [5, 5.41) is 0. The maximum atomic E-state index is 6.53. The van der Waals surface area contributed by atoms with Crippen LogP contribution in [0.5, 0.6) is 0 Å². The zero-order chi connectivity index (χ0) is 14.5. The Kier molecular flexibility index (Phi) is 6.01. The molecule has 2 atom stereocenters. The van der Waals surface area contributed by atoms with E-state index in [4.69, 9.17) is 5.73 Å². The molecule has 1 rings (SSSR count). The summed E-state index contributed by atoms with van der Waals surface area (Å²) in [6, 6.07) is 0.102. The normalized spacial score (nSPS) is 16.6. The van der Waals surface area contributed by atoms with Crippen molar-refractivity contribution in [3.05, 3.63) is 18.2 Å². The van der Waals surface area contributed by atoms with Crippen LogP contribution in [-0.2, 0) is 13.0 Å². The number of aryl methyl sites for hydroxylation is 1. The molecule has 0 saturated heterocycles. The number of hydrogen-bond donors (Lipinski definition) is 1. The molecule has 0 saturated carbocycles. The zero-order valence-electron chi connectivity index (χ0n) is 13.2. The van der Waals surface area contributed by atoms with Gasteiger partial charge in [0.05, 0.1) is 0 Å². The maximum Gasteiger partial charge on any atom is 0.110 e. The van der Waals surface area contributed by atoms with Crippen LogP contribution in [0.15, 0.2) is 12.4 Å². The van der Waals surface area contributed by atoms with Gasteiger partial charge in [-0.05, 0) is 33.4 Å². The van der Waals surface area contributed by atoms with E-state index in [1.54, 1.807) is 0 Å². The summed E-state index contributed by atoms with van der Waals surface area (Å²) < 4.78 is 2.18. The molecule has 19 heavy (non-hydrogen) atoms. The van der Waals surface area contributed by atoms with Crippen LogP contribution in [0.4, 0.5) is 0 Å². The Bertz CT molecular complexity index is 370. The molecule has 0 aromatic carbocycles. The van der Waals surface area contributed by atoms with Crippen LogP contribution >= 0.6 is 0 Å². The van der Waals surface area contributed by atoms with Crippen LogP contribution in [0.1, 0.15) is 46.9 Å². The Labute approximate surface area is 118 Å². The smallest absolute Gasteiger partial charge is 0.110 e. The van der Waals surface area contributed by atoms with Crippen LogP contribution in [0.2, 0.25) is 0 Å². The Morgan fingerprint density at radius 3 is 2.42 bits per heavy atom. The highest BCUT2D eigenvalue weighted by atomic mass is 15.2. The maximum absolute atomic E-state index is 6.53. The quantitative estimate of drug-likeness (QED) is 0.785. The second kappa shape index (κ2) is 7.06. The van der Waals surface area contributed by atoms with Crippen molar-refractivity contribution >= 4 is 0 Å². The summed E-state index contributed by atoms with van der Waals surface area (Å²) in [6.07, 6.45) is 5.79. The highest BCUT2D eigenvalue weighted by molar-refractivity contribution is 5.02. The van der Waals surface area contributed by atoms with Crippen molar-refractivity contribution in [1.29, 1.82) is 0 Å². The van der Waals surface area contributed by atoms with Gasteiger partial charge in [-0.2, -0.15) is 0 Å². The Hall–Kier alpha value is -0.870. The van der Waals surface area contributed by atoms with Crippen molar-refractivity contribution in [2.24, 2.45) is 5.73 Å². The second-order valence-electron chi connectivity index (χ2n) is 5.32. The standard InChI is InChI=1S/C15H30N4/c1-6-15(5,19(8-3)9-4)13(16)12-14-17-10-11-18(14)7-2/h10-11,13H,6-9,12,16H2,1-5H3. The first-order valence-corrected chi connectivity index (χ1v) is 7.54. The summed E-state index contributed by atoms with van der Waals surface area (Å²) in [5.74, 6) is 1.10. The van der Waals surface area contributed by atoms with Gasteiger partial charge in [0.15, 0.2) is 0 Å². The van der Waals surface area contributed by atoms with Crippen molar-refractivity contribution in [1.82, 2.24) is 14.5 Å². The lowest BCUT2D eigenvalue weighted by Gasteiger charge is -2.44.